The molecule has 3 aromatic rings. The molecule has 5 nitrogen and oxygen atoms in total. The van der Waals surface area contributed by atoms with Crippen molar-refractivity contribution in [3.05, 3.63) is 95.6 Å². The number of nitrogens with zero attached hydrogens (tertiary/aromatic N) is 1. The summed E-state index contributed by atoms with van der Waals surface area (Å²) >= 11 is 0. The van der Waals surface area contributed by atoms with Gasteiger partial charge in [-0.1, -0.05) is 60.7 Å². The van der Waals surface area contributed by atoms with Crippen molar-refractivity contribution >= 4 is 5.91 Å². The highest BCUT2D eigenvalue weighted by Crippen LogP contribution is 2.29. The summed E-state index contributed by atoms with van der Waals surface area (Å²) in [5, 5.41) is 12.0. The molecule has 0 saturated heterocycles. The van der Waals surface area contributed by atoms with Crippen LogP contribution in [-0.2, 0) is 4.79 Å². The summed E-state index contributed by atoms with van der Waals surface area (Å²) in [5.74, 6) is 0.906. The van der Waals surface area contributed by atoms with Gasteiger partial charge in [-0.25, -0.2) is 0 Å². The van der Waals surface area contributed by atoms with Crippen molar-refractivity contribution in [2.45, 2.75) is 19.3 Å². The Bertz CT molecular complexity index is 974. The number of carbonyl (C=O) groups excluding carboxylic acids is 1. The second-order valence-electron chi connectivity index (χ2n) is 7.01. The van der Waals surface area contributed by atoms with Crippen molar-refractivity contribution < 1.29 is 14.3 Å². The molecule has 0 aliphatic heterocycles. The van der Waals surface area contributed by atoms with Crippen LogP contribution in [0.3, 0.4) is 0 Å². The first-order chi connectivity index (χ1) is 15.2. The lowest BCUT2D eigenvalue weighted by Gasteiger charge is -2.18. The number of benzene rings is 3. The van der Waals surface area contributed by atoms with E-state index >= 15 is 0 Å². The molecule has 0 aliphatic carbocycles. The van der Waals surface area contributed by atoms with Gasteiger partial charge in [0, 0.05) is 18.5 Å². The predicted molar refractivity (Wildman–Crippen MR) is 120 cm³/mol. The number of amides is 1. The number of hydrogen-bond donors (Lipinski definition) is 1. The molecule has 5 heteroatoms. The molecule has 3 aromatic carbocycles. The van der Waals surface area contributed by atoms with E-state index in [0.29, 0.717) is 30.2 Å². The van der Waals surface area contributed by atoms with Crippen LogP contribution in [0.25, 0.3) is 0 Å². The third-order valence-corrected chi connectivity index (χ3v) is 4.89. The van der Waals surface area contributed by atoms with E-state index in [9.17, 15) is 4.79 Å². The van der Waals surface area contributed by atoms with E-state index in [4.69, 9.17) is 14.7 Å². The number of ether oxygens (including phenoxy) is 2. The molecule has 0 atom stereocenters. The van der Waals surface area contributed by atoms with Crippen LogP contribution in [0.1, 0.15) is 36.0 Å². The Hall–Kier alpha value is -3.78. The zero-order valence-corrected chi connectivity index (χ0v) is 17.6. The third-order valence-electron chi connectivity index (χ3n) is 4.89. The highest BCUT2D eigenvalue weighted by atomic mass is 16.5. The van der Waals surface area contributed by atoms with Crippen molar-refractivity contribution in [1.29, 1.82) is 5.26 Å². The van der Waals surface area contributed by atoms with Crippen LogP contribution in [-0.4, -0.2) is 25.7 Å². The van der Waals surface area contributed by atoms with Gasteiger partial charge in [-0.2, -0.15) is 5.26 Å². The smallest absolute Gasteiger partial charge is 0.257 e. The second kappa shape index (κ2) is 11.4. The van der Waals surface area contributed by atoms with Crippen molar-refractivity contribution in [2.24, 2.45) is 0 Å². The molecule has 0 spiro atoms. The minimum Gasteiger partial charge on any atom is -0.490 e. The molecule has 0 saturated carbocycles. The number of nitrogens with one attached hydrogen (secondary N) is 1. The maximum atomic E-state index is 12.3. The largest absolute Gasteiger partial charge is 0.490 e. The summed E-state index contributed by atoms with van der Waals surface area (Å²) < 4.78 is 11.1. The first-order valence-electron chi connectivity index (χ1n) is 10.4. The van der Waals surface area contributed by atoms with E-state index < -0.39 is 0 Å². The van der Waals surface area contributed by atoms with Crippen LogP contribution in [0, 0.1) is 11.3 Å². The van der Waals surface area contributed by atoms with Gasteiger partial charge in [0.2, 0.25) is 0 Å². The predicted octanol–water partition coefficient (Wildman–Crippen LogP) is 4.67. The quantitative estimate of drug-likeness (QED) is 0.523. The van der Waals surface area contributed by atoms with E-state index in [2.05, 4.69) is 35.7 Å². The molecule has 0 aromatic heterocycles. The summed E-state index contributed by atoms with van der Waals surface area (Å²) in [6.07, 6.45) is 0.779. The number of carbonyl (C=O) groups is 1. The third kappa shape index (κ3) is 6.35. The Morgan fingerprint density at radius 2 is 1.58 bits per heavy atom. The average molecular weight is 415 g/mol. The van der Waals surface area contributed by atoms with Gasteiger partial charge in [0.1, 0.15) is 0 Å². The number of hydrogen-bond acceptors (Lipinski definition) is 4. The summed E-state index contributed by atoms with van der Waals surface area (Å²) in [6.45, 7) is 2.71. The van der Waals surface area contributed by atoms with E-state index in [0.717, 1.165) is 6.42 Å². The molecule has 0 heterocycles. The Kier molecular flexibility index (Phi) is 8.07. The minimum absolute atomic E-state index is 0.118. The highest BCUT2D eigenvalue weighted by molar-refractivity contribution is 5.77. The van der Waals surface area contributed by atoms with E-state index in [1.165, 1.54) is 11.1 Å². The molecule has 31 heavy (non-hydrogen) atoms. The van der Waals surface area contributed by atoms with Crippen LogP contribution in [0.15, 0.2) is 78.9 Å². The van der Waals surface area contributed by atoms with Gasteiger partial charge in [-0.15, -0.1) is 0 Å². The lowest BCUT2D eigenvalue weighted by atomic mass is 9.88. The van der Waals surface area contributed by atoms with Crippen LogP contribution in [0.5, 0.6) is 11.5 Å². The molecule has 0 fully saturated rings. The molecule has 0 radical (unpaired) electrons. The standard InChI is InChI=1S/C26H26N2O3/c1-2-30-25-17-20(18-27)13-14-24(25)31-19-26(29)28-16-15-23(21-9-5-3-6-10-21)22-11-7-4-8-12-22/h3-14,17,23H,2,15-16,19H2,1H3,(H,28,29). The lowest BCUT2D eigenvalue weighted by Crippen LogP contribution is -2.30. The van der Waals surface area contributed by atoms with Gasteiger partial charge in [-0.3, -0.25) is 4.79 Å². The van der Waals surface area contributed by atoms with Crippen LogP contribution < -0.4 is 14.8 Å². The van der Waals surface area contributed by atoms with Crippen LogP contribution in [0.4, 0.5) is 0 Å². The van der Waals surface area contributed by atoms with Crippen molar-refractivity contribution in [3.63, 3.8) is 0 Å². The Morgan fingerprint density at radius 3 is 2.16 bits per heavy atom. The summed E-state index contributed by atoms with van der Waals surface area (Å²) in [5.41, 5.74) is 2.92. The molecule has 0 unspecified atom stereocenters. The molecule has 1 N–H and O–H groups in total. The average Bonchev–Trinajstić information content (AvgIpc) is 2.82. The van der Waals surface area contributed by atoms with Gasteiger partial charge >= 0.3 is 0 Å². The van der Waals surface area contributed by atoms with Gasteiger partial charge in [0.15, 0.2) is 18.1 Å². The number of rotatable bonds is 10. The summed E-state index contributed by atoms with van der Waals surface area (Å²) in [4.78, 5) is 12.3. The number of nitriles is 1. The zero-order valence-electron chi connectivity index (χ0n) is 17.6. The molecule has 3 rings (SSSR count). The van der Waals surface area contributed by atoms with Gasteiger partial charge in [0.05, 0.1) is 18.2 Å². The monoisotopic (exact) mass is 414 g/mol. The second-order valence-corrected chi connectivity index (χ2v) is 7.01. The molecule has 0 bridgehead atoms. The van der Waals surface area contributed by atoms with E-state index in [1.54, 1.807) is 18.2 Å². The zero-order chi connectivity index (χ0) is 21.9. The first kappa shape index (κ1) is 21.9. The van der Waals surface area contributed by atoms with Gasteiger partial charge < -0.3 is 14.8 Å². The lowest BCUT2D eigenvalue weighted by molar-refractivity contribution is -0.123. The SMILES string of the molecule is CCOc1cc(C#N)ccc1OCC(=O)NCCC(c1ccccc1)c1ccccc1. The molecule has 1 amide bonds. The Morgan fingerprint density at radius 1 is 0.935 bits per heavy atom. The van der Waals surface area contributed by atoms with E-state index in [1.807, 2.05) is 43.3 Å². The Labute approximate surface area is 183 Å². The van der Waals surface area contributed by atoms with Crippen molar-refractivity contribution in [1.82, 2.24) is 5.32 Å². The maximum absolute atomic E-state index is 12.3. The maximum Gasteiger partial charge on any atom is 0.257 e. The Balaban J connectivity index is 1.56. The van der Waals surface area contributed by atoms with Crippen molar-refractivity contribution in [2.75, 3.05) is 19.8 Å². The first-order valence-corrected chi connectivity index (χ1v) is 10.4. The van der Waals surface area contributed by atoms with E-state index in [-0.39, 0.29) is 18.4 Å². The van der Waals surface area contributed by atoms with Gasteiger partial charge in [0.25, 0.3) is 5.91 Å². The fourth-order valence-electron chi connectivity index (χ4n) is 3.41. The molecule has 0 aliphatic rings. The summed E-state index contributed by atoms with van der Waals surface area (Å²) in [6, 6.07) is 27.6. The minimum atomic E-state index is -0.202. The molecular weight excluding hydrogens is 388 g/mol. The fraction of sp³-hybridized carbons (Fsp3) is 0.231. The molecule has 158 valence electrons. The van der Waals surface area contributed by atoms with Crippen LogP contribution >= 0.6 is 0 Å². The van der Waals surface area contributed by atoms with Gasteiger partial charge in [-0.05, 0) is 36.6 Å². The highest BCUT2D eigenvalue weighted by Gasteiger charge is 2.15. The fourth-order valence-corrected chi connectivity index (χ4v) is 3.41. The molecular formula is C26H26N2O3. The summed E-state index contributed by atoms with van der Waals surface area (Å²) in [7, 11) is 0. The normalized spacial score (nSPS) is 10.4. The topological polar surface area (TPSA) is 71.3 Å². The van der Waals surface area contributed by atoms with Crippen LogP contribution in [0.2, 0.25) is 0 Å². The van der Waals surface area contributed by atoms with Crippen molar-refractivity contribution in [3.8, 4) is 17.6 Å².